The Kier molecular flexibility index (Phi) is 10.2. The van der Waals surface area contributed by atoms with Crippen LogP contribution in [0.2, 0.25) is 0 Å². The van der Waals surface area contributed by atoms with Crippen LogP contribution in [0.1, 0.15) is 36.5 Å². The topological polar surface area (TPSA) is 100 Å². The number of esters is 1. The average Bonchev–Trinajstić information content (AvgIpc) is 3.36. The molecule has 4 aromatic rings. The third-order valence-electron chi connectivity index (χ3n) is 6.87. The molecule has 1 fully saturated rings. The number of nitrogens with one attached hydrogen (secondary N) is 1. The van der Waals surface area contributed by atoms with Gasteiger partial charge in [0.1, 0.15) is 29.6 Å². The number of aryl methyl sites for hydroxylation is 1. The second kappa shape index (κ2) is 14.6. The fourth-order valence-corrected chi connectivity index (χ4v) is 5.70. The van der Waals surface area contributed by atoms with Crippen LogP contribution in [0.3, 0.4) is 0 Å². The van der Waals surface area contributed by atoms with E-state index >= 15 is 0 Å². The summed E-state index contributed by atoms with van der Waals surface area (Å²) in [6, 6.07) is 31.2. The molecule has 0 spiro atoms. The Labute approximate surface area is 260 Å². The fraction of sp³-hybridized carbons (Fsp3) is 0.229. The van der Waals surface area contributed by atoms with E-state index in [-0.39, 0.29) is 6.61 Å². The maximum Gasteiger partial charge on any atom is 0.337 e. The molecule has 1 aliphatic heterocycles. The van der Waals surface area contributed by atoms with Crippen LogP contribution in [-0.2, 0) is 32.1 Å². The maximum absolute atomic E-state index is 13.3. The van der Waals surface area contributed by atoms with Crippen LogP contribution in [0.25, 0.3) is 0 Å². The minimum absolute atomic E-state index is 0.0254. The van der Waals surface area contributed by atoms with Crippen molar-refractivity contribution in [2.75, 3.05) is 13.2 Å². The van der Waals surface area contributed by atoms with Crippen molar-refractivity contribution in [1.82, 2.24) is 5.32 Å². The van der Waals surface area contributed by atoms with E-state index in [2.05, 4.69) is 12.2 Å². The van der Waals surface area contributed by atoms with Crippen molar-refractivity contribution in [1.29, 1.82) is 0 Å². The molecule has 1 aliphatic rings. The zero-order valence-electron chi connectivity index (χ0n) is 24.3. The van der Waals surface area contributed by atoms with E-state index in [4.69, 9.17) is 18.9 Å². The van der Waals surface area contributed by atoms with Crippen LogP contribution in [0.4, 0.5) is 4.79 Å². The number of para-hydroxylation sites is 1. The molecule has 1 saturated heterocycles. The zero-order valence-corrected chi connectivity index (χ0v) is 25.1. The molecule has 0 saturated carbocycles. The first kappa shape index (κ1) is 30.7. The summed E-state index contributed by atoms with van der Waals surface area (Å²) < 4.78 is 21.7. The highest BCUT2D eigenvalue weighted by Crippen LogP contribution is 2.44. The molecule has 8 nitrogen and oxygen atoms in total. The number of carbonyl (C=O) groups excluding carboxylic acids is 3. The maximum atomic E-state index is 13.3. The summed E-state index contributed by atoms with van der Waals surface area (Å²) in [5.41, 5.74) is 2.14. The lowest BCUT2D eigenvalue weighted by atomic mass is 9.97. The van der Waals surface area contributed by atoms with E-state index in [1.807, 2.05) is 78.9 Å². The highest BCUT2D eigenvalue weighted by Gasteiger charge is 2.57. The minimum Gasteiger partial charge on any atom is -0.493 e. The average molecular weight is 612 g/mol. The van der Waals surface area contributed by atoms with Crippen molar-refractivity contribution in [2.24, 2.45) is 0 Å². The van der Waals surface area contributed by atoms with Crippen LogP contribution in [-0.4, -0.2) is 30.3 Å². The van der Waals surface area contributed by atoms with E-state index in [0.717, 1.165) is 41.2 Å². The summed E-state index contributed by atoms with van der Waals surface area (Å²) in [7, 11) is 0. The summed E-state index contributed by atoms with van der Waals surface area (Å²) in [5, 5.41) is 1.61. The quantitative estimate of drug-likeness (QED) is 0.0908. The third-order valence-corrected chi connectivity index (χ3v) is 8.05. The molecule has 2 amide bonds. The van der Waals surface area contributed by atoms with Gasteiger partial charge >= 0.3 is 5.97 Å². The van der Waals surface area contributed by atoms with Gasteiger partial charge in [0.25, 0.3) is 11.1 Å². The summed E-state index contributed by atoms with van der Waals surface area (Å²) in [6.45, 7) is 2.86. The molecule has 1 atom stereocenters. The van der Waals surface area contributed by atoms with Crippen LogP contribution in [0, 0.1) is 0 Å². The lowest BCUT2D eigenvalue weighted by Crippen LogP contribution is -2.42. The van der Waals surface area contributed by atoms with Crippen molar-refractivity contribution in [3.05, 3.63) is 120 Å². The van der Waals surface area contributed by atoms with Gasteiger partial charge in [0.05, 0.1) is 13.2 Å². The van der Waals surface area contributed by atoms with Crippen LogP contribution in [0.15, 0.2) is 103 Å². The molecule has 9 heteroatoms. The molecule has 5 rings (SSSR count). The van der Waals surface area contributed by atoms with Crippen LogP contribution < -0.4 is 19.5 Å². The van der Waals surface area contributed by atoms with Crippen molar-refractivity contribution < 1.29 is 33.3 Å². The Morgan fingerprint density at radius 1 is 0.795 bits per heavy atom. The summed E-state index contributed by atoms with van der Waals surface area (Å²) in [6.07, 6.45) is 2.41. The second-order valence-electron chi connectivity index (χ2n) is 10.1. The molecule has 0 radical (unpaired) electrons. The van der Waals surface area contributed by atoms with Gasteiger partial charge in [-0.05, 0) is 77.3 Å². The van der Waals surface area contributed by atoms with Crippen LogP contribution >= 0.6 is 11.8 Å². The number of hydrogen-bond acceptors (Lipinski definition) is 8. The van der Waals surface area contributed by atoms with Crippen molar-refractivity contribution in [3.8, 4) is 23.0 Å². The fourth-order valence-electron chi connectivity index (χ4n) is 4.74. The number of thioether (sulfide) groups is 1. The van der Waals surface area contributed by atoms with Gasteiger partial charge in [0, 0.05) is 6.42 Å². The lowest BCUT2D eigenvalue weighted by molar-refractivity contribution is -0.151. The van der Waals surface area contributed by atoms with Gasteiger partial charge in [-0.15, -0.1) is 0 Å². The first-order valence-corrected chi connectivity index (χ1v) is 15.3. The first-order valence-electron chi connectivity index (χ1n) is 14.5. The number of imide groups is 1. The molecule has 0 bridgehead atoms. The number of benzene rings is 4. The third kappa shape index (κ3) is 7.41. The standard InChI is InChI=1S/C35H33NO7S/c1-2-11-26-22-30(43-28-15-7-4-8-16-28)18-19-31(26)41-21-10-20-40-29-17-9-14-27(23-29)35(32(37)36-34(39)44-35)33(38)42-24-25-12-5-3-6-13-25/h3-9,12-19,22-23H,2,10-11,20-21,24H2,1H3,(H,36,37,39)/t35-/m1/s1. The molecule has 0 aliphatic carbocycles. The number of rotatable bonds is 14. The first-order chi connectivity index (χ1) is 21.5. The normalized spacial score (nSPS) is 15.8. The molecule has 226 valence electrons. The number of ether oxygens (including phenoxy) is 4. The van der Waals surface area contributed by atoms with Crippen LogP contribution in [0.5, 0.6) is 23.0 Å². The lowest BCUT2D eigenvalue weighted by Gasteiger charge is -2.23. The van der Waals surface area contributed by atoms with Gasteiger partial charge in [-0.2, -0.15) is 0 Å². The Morgan fingerprint density at radius 3 is 2.25 bits per heavy atom. The SMILES string of the molecule is CCCc1cc(Oc2ccccc2)ccc1OCCCOc1cccc([C@@]2(C(=O)OCc3ccccc3)SC(=O)NC2=O)c1. The second-order valence-corrected chi connectivity index (χ2v) is 11.3. The van der Waals surface area contributed by atoms with Gasteiger partial charge in [0.15, 0.2) is 0 Å². The predicted molar refractivity (Wildman–Crippen MR) is 168 cm³/mol. The molecule has 0 unspecified atom stereocenters. The van der Waals surface area contributed by atoms with Crippen molar-refractivity contribution in [3.63, 3.8) is 0 Å². The van der Waals surface area contributed by atoms with E-state index < -0.39 is 21.9 Å². The molecule has 1 heterocycles. The summed E-state index contributed by atoms with van der Waals surface area (Å²) >= 11 is 0.604. The molecule has 1 N–H and O–H groups in total. The van der Waals surface area contributed by atoms with Gasteiger partial charge in [-0.1, -0.05) is 74.0 Å². The van der Waals surface area contributed by atoms with Crippen molar-refractivity contribution >= 4 is 28.9 Å². The van der Waals surface area contributed by atoms with Gasteiger partial charge in [0.2, 0.25) is 4.75 Å². The molecule has 0 aromatic heterocycles. The Hall–Kier alpha value is -4.76. The van der Waals surface area contributed by atoms with E-state index in [0.29, 0.717) is 42.7 Å². The van der Waals surface area contributed by atoms with E-state index in [1.54, 1.807) is 24.3 Å². The largest absolute Gasteiger partial charge is 0.493 e. The minimum atomic E-state index is -1.86. The highest BCUT2D eigenvalue weighted by molar-refractivity contribution is 8.16. The summed E-state index contributed by atoms with van der Waals surface area (Å²) in [4.78, 5) is 38.5. The molecular weight excluding hydrogens is 578 g/mol. The van der Waals surface area contributed by atoms with E-state index in [9.17, 15) is 14.4 Å². The zero-order chi connectivity index (χ0) is 30.8. The van der Waals surface area contributed by atoms with Gasteiger partial charge < -0.3 is 18.9 Å². The number of hydrogen-bond donors (Lipinski definition) is 1. The molecule has 4 aromatic carbocycles. The monoisotopic (exact) mass is 611 g/mol. The molecule has 44 heavy (non-hydrogen) atoms. The van der Waals surface area contributed by atoms with Gasteiger partial charge in [-0.3, -0.25) is 14.9 Å². The van der Waals surface area contributed by atoms with Gasteiger partial charge in [-0.25, -0.2) is 4.79 Å². The smallest absolute Gasteiger partial charge is 0.337 e. The van der Waals surface area contributed by atoms with Crippen molar-refractivity contribution in [2.45, 2.75) is 37.5 Å². The molecular formula is C35H33NO7S. The Bertz CT molecular complexity index is 1600. The number of amides is 2. The highest BCUT2D eigenvalue weighted by atomic mass is 32.2. The Balaban J connectivity index is 1.19. The Morgan fingerprint density at radius 2 is 1.52 bits per heavy atom. The number of carbonyl (C=O) groups is 3. The predicted octanol–water partition coefficient (Wildman–Crippen LogP) is 7.20. The summed E-state index contributed by atoms with van der Waals surface area (Å²) in [5.74, 6) is 1.24. The van der Waals surface area contributed by atoms with E-state index in [1.165, 1.54) is 0 Å².